The summed E-state index contributed by atoms with van der Waals surface area (Å²) in [6.45, 7) is 1.27. The first kappa shape index (κ1) is 14.8. The van der Waals surface area contributed by atoms with Gasteiger partial charge in [-0.3, -0.25) is 4.79 Å². The van der Waals surface area contributed by atoms with Crippen LogP contribution < -0.4 is 4.90 Å². The van der Waals surface area contributed by atoms with Crippen molar-refractivity contribution in [3.63, 3.8) is 0 Å². The lowest BCUT2D eigenvalue weighted by Gasteiger charge is -2.40. The molecule has 0 radical (unpaired) electrons. The number of sulfonamides is 1. The Labute approximate surface area is 118 Å². The summed E-state index contributed by atoms with van der Waals surface area (Å²) >= 11 is 0. The quantitative estimate of drug-likeness (QED) is 0.881. The number of nitrogens with zero attached hydrogens (tertiary/aromatic N) is 2. The van der Waals surface area contributed by atoms with Crippen LogP contribution in [0.3, 0.4) is 0 Å². The molecule has 110 valence electrons. The molecule has 1 heterocycles. The third-order valence-electron chi connectivity index (χ3n) is 3.39. The lowest BCUT2D eigenvalue weighted by atomic mass is 10.1. The minimum absolute atomic E-state index is 0.184. The van der Waals surface area contributed by atoms with Crippen molar-refractivity contribution in [1.82, 2.24) is 4.31 Å². The first-order valence-corrected chi connectivity index (χ1v) is 8.21. The van der Waals surface area contributed by atoms with E-state index in [9.17, 15) is 13.2 Å². The number of para-hydroxylation sites is 1. The summed E-state index contributed by atoms with van der Waals surface area (Å²) in [4.78, 5) is 13.0. The number of carboxylic acids is 1. The Morgan fingerprint density at radius 2 is 1.95 bits per heavy atom. The number of rotatable bonds is 4. The maximum absolute atomic E-state index is 11.7. The zero-order chi connectivity index (χ0) is 14.8. The third kappa shape index (κ3) is 3.49. The third-order valence-corrected chi connectivity index (χ3v) is 4.72. The predicted molar refractivity (Wildman–Crippen MR) is 76.2 cm³/mol. The highest BCUT2D eigenvalue weighted by molar-refractivity contribution is 7.88. The molecule has 0 spiro atoms. The standard InChI is InChI=1S/C13H18N2O4S/c1-20(18,19)15-8-7-14(10-12(15)9-13(16)17)11-5-3-2-4-6-11/h2-6,12H,7-10H2,1H3,(H,16,17)/t12-/m0/s1. The molecule has 1 aliphatic heterocycles. The van der Waals surface area contributed by atoms with Crippen LogP contribution in [0, 0.1) is 0 Å². The van der Waals surface area contributed by atoms with Gasteiger partial charge in [-0.15, -0.1) is 0 Å². The summed E-state index contributed by atoms with van der Waals surface area (Å²) in [7, 11) is -3.38. The summed E-state index contributed by atoms with van der Waals surface area (Å²) in [5.74, 6) is -0.987. The van der Waals surface area contributed by atoms with Crippen LogP contribution in [-0.2, 0) is 14.8 Å². The molecule has 1 aromatic carbocycles. The van der Waals surface area contributed by atoms with Gasteiger partial charge in [0.05, 0.1) is 18.7 Å². The van der Waals surface area contributed by atoms with Crippen LogP contribution in [0.25, 0.3) is 0 Å². The van der Waals surface area contributed by atoms with Crippen LogP contribution in [0.2, 0.25) is 0 Å². The molecular formula is C13H18N2O4S. The molecule has 0 bridgehead atoms. The van der Waals surface area contributed by atoms with E-state index in [1.165, 1.54) is 4.31 Å². The molecule has 6 nitrogen and oxygen atoms in total. The molecule has 0 saturated carbocycles. The minimum atomic E-state index is -3.38. The maximum atomic E-state index is 11.7. The average molecular weight is 298 g/mol. The van der Waals surface area contributed by atoms with E-state index in [1.807, 2.05) is 35.2 Å². The molecule has 1 aliphatic rings. The van der Waals surface area contributed by atoms with Gasteiger partial charge in [-0.05, 0) is 12.1 Å². The van der Waals surface area contributed by atoms with Gasteiger partial charge < -0.3 is 10.0 Å². The zero-order valence-electron chi connectivity index (χ0n) is 11.3. The summed E-state index contributed by atoms with van der Waals surface area (Å²) in [5, 5.41) is 8.97. The van der Waals surface area contributed by atoms with Crippen LogP contribution in [0.1, 0.15) is 6.42 Å². The van der Waals surface area contributed by atoms with Crippen molar-refractivity contribution in [3.8, 4) is 0 Å². The Balaban J connectivity index is 2.19. The lowest BCUT2D eigenvalue weighted by molar-refractivity contribution is -0.138. The van der Waals surface area contributed by atoms with Crippen molar-refractivity contribution in [3.05, 3.63) is 30.3 Å². The van der Waals surface area contributed by atoms with Crippen molar-refractivity contribution in [1.29, 1.82) is 0 Å². The fraction of sp³-hybridized carbons (Fsp3) is 0.462. The van der Waals surface area contributed by atoms with E-state index in [2.05, 4.69) is 0 Å². The normalized spacial score (nSPS) is 20.9. The fourth-order valence-corrected chi connectivity index (χ4v) is 3.61. The van der Waals surface area contributed by atoms with Gasteiger partial charge in [0.15, 0.2) is 0 Å². The summed E-state index contributed by atoms with van der Waals surface area (Å²) < 4.78 is 24.8. The Kier molecular flexibility index (Phi) is 4.29. The van der Waals surface area contributed by atoms with Crippen molar-refractivity contribution in [2.45, 2.75) is 12.5 Å². The van der Waals surface area contributed by atoms with Gasteiger partial charge in [0.1, 0.15) is 0 Å². The first-order valence-electron chi connectivity index (χ1n) is 6.36. The fourth-order valence-electron chi connectivity index (χ4n) is 2.52. The number of carboxylic acid groups (broad SMARTS) is 1. The zero-order valence-corrected chi connectivity index (χ0v) is 12.1. The Morgan fingerprint density at radius 1 is 1.30 bits per heavy atom. The molecule has 0 amide bonds. The smallest absolute Gasteiger partial charge is 0.305 e. The van der Waals surface area contributed by atoms with Crippen molar-refractivity contribution >= 4 is 21.7 Å². The molecule has 0 unspecified atom stereocenters. The highest BCUT2D eigenvalue weighted by atomic mass is 32.2. The molecule has 20 heavy (non-hydrogen) atoms. The summed E-state index contributed by atoms with van der Waals surface area (Å²) in [6.07, 6.45) is 0.941. The van der Waals surface area contributed by atoms with Gasteiger partial charge in [-0.25, -0.2) is 8.42 Å². The van der Waals surface area contributed by atoms with Gasteiger partial charge >= 0.3 is 5.97 Å². The van der Waals surface area contributed by atoms with Gasteiger partial charge in [0.2, 0.25) is 10.0 Å². The second kappa shape index (κ2) is 5.80. The van der Waals surface area contributed by atoms with E-state index < -0.39 is 22.0 Å². The van der Waals surface area contributed by atoms with Crippen LogP contribution in [0.15, 0.2) is 30.3 Å². The second-order valence-electron chi connectivity index (χ2n) is 4.91. The van der Waals surface area contributed by atoms with Crippen molar-refractivity contribution in [2.75, 3.05) is 30.8 Å². The number of carbonyl (C=O) groups is 1. The molecule has 0 aliphatic carbocycles. The topological polar surface area (TPSA) is 77.9 Å². The molecular weight excluding hydrogens is 280 g/mol. The van der Waals surface area contributed by atoms with Crippen LogP contribution in [0.5, 0.6) is 0 Å². The summed E-state index contributed by atoms with van der Waals surface area (Å²) in [6, 6.07) is 9.07. The van der Waals surface area contributed by atoms with Crippen LogP contribution in [0.4, 0.5) is 5.69 Å². The van der Waals surface area contributed by atoms with Gasteiger partial charge in [0, 0.05) is 25.3 Å². The second-order valence-corrected chi connectivity index (χ2v) is 6.84. The molecule has 1 N–H and O–H groups in total. The SMILES string of the molecule is CS(=O)(=O)N1CCN(c2ccccc2)C[C@@H]1CC(=O)O. The number of aliphatic carboxylic acids is 1. The Bertz CT molecular complexity index is 573. The van der Waals surface area contributed by atoms with Gasteiger partial charge in [-0.1, -0.05) is 18.2 Å². The average Bonchev–Trinajstić information content (AvgIpc) is 2.37. The molecule has 1 saturated heterocycles. The molecule has 1 atom stereocenters. The van der Waals surface area contributed by atoms with Crippen LogP contribution >= 0.6 is 0 Å². The van der Waals surface area contributed by atoms with E-state index in [-0.39, 0.29) is 6.42 Å². The number of piperazine rings is 1. The van der Waals surface area contributed by atoms with E-state index >= 15 is 0 Å². The molecule has 1 fully saturated rings. The molecule has 0 aromatic heterocycles. The highest BCUT2D eigenvalue weighted by Gasteiger charge is 2.34. The van der Waals surface area contributed by atoms with Gasteiger partial charge in [0.25, 0.3) is 0 Å². The Hall–Kier alpha value is -1.60. The number of hydrogen-bond donors (Lipinski definition) is 1. The predicted octanol–water partition coefficient (Wildman–Crippen LogP) is 0.611. The van der Waals surface area contributed by atoms with E-state index in [0.29, 0.717) is 19.6 Å². The van der Waals surface area contributed by atoms with Gasteiger partial charge in [-0.2, -0.15) is 4.31 Å². The molecule has 2 rings (SSSR count). The van der Waals surface area contributed by atoms with Crippen LogP contribution in [-0.4, -0.2) is 55.7 Å². The monoisotopic (exact) mass is 298 g/mol. The Morgan fingerprint density at radius 3 is 2.50 bits per heavy atom. The maximum Gasteiger partial charge on any atom is 0.305 e. The van der Waals surface area contributed by atoms with E-state index in [4.69, 9.17) is 5.11 Å². The largest absolute Gasteiger partial charge is 0.481 e. The molecule has 1 aromatic rings. The highest BCUT2D eigenvalue weighted by Crippen LogP contribution is 2.22. The van der Waals surface area contributed by atoms with Crippen molar-refractivity contribution < 1.29 is 18.3 Å². The van der Waals surface area contributed by atoms with E-state index in [0.717, 1.165) is 11.9 Å². The van der Waals surface area contributed by atoms with Crippen molar-refractivity contribution in [2.24, 2.45) is 0 Å². The lowest BCUT2D eigenvalue weighted by Crippen LogP contribution is -2.55. The first-order chi connectivity index (χ1) is 9.38. The number of benzene rings is 1. The van der Waals surface area contributed by atoms with E-state index in [1.54, 1.807) is 0 Å². The molecule has 7 heteroatoms. The number of anilines is 1. The number of hydrogen-bond acceptors (Lipinski definition) is 4. The summed E-state index contributed by atoms with van der Waals surface area (Å²) in [5.41, 5.74) is 0.982. The minimum Gasteiger partial charge on any atom is -0.481 e.